The highest BCUT2D eigenvalue weighted by Gasteiger charge is 2.35. The van der Waals surface area contributed by atoms with E-state index in [1.165, 1.54) is 0 Å². The summed E-state index contributed by atoms with van der Waals surface area (Å²) in [6, 6.07) is 0. The van der Waals surface area contributed by atoms with Crippen LogP contribution in [0.5, 0.6) is 0 Å². The Morgan fingerprint density at radius 2 is 1.28 bits per heavy atom. The van der Waals surface area contributed by atoms with E-state index in [0.29, 0.717) is 0 Å². The first-order chi connectivity index (χ1) is 7.55. The largest absolute Gasteiger partial charge is 0.227 e. The second-order valence-electron chi connectivity index (χ2n) is 6.86. The van der Waals surface area contributed by atoms with Gasteiger partial charge in [-0.2, -0.15) is 4.31 Å². The van der Waals surface area contributed by atoms with Gasteiger partial charge in [0.2, 0.25) is 10.0 Å². The van der Waals surface area contributed by atoms with Gasteiger partial charge in [-0.3, -0.25) is 0 Å². The Morgan fingerprint density at radius 3 is 1.50 bits per heavy atom. The van der Waals surface area contributed by atoms with Gasteiger partial charge in [0.05, 0.1) is 12.0 Å². The average Bonchev–Trinajstić information content (AvgIpc) is 1.90. The predicted octanol–water partition coefficient (Wildman–Crippen LogP) is 1.46. The van der Waals surface area contributed by atoms with Crippen LogP contribution >= 0.6 is 0 Å². The predicted molar refractivity (Wildman–Crippen MR) is 74.5 cm³/mol. The SMILES string of the molecule is CC(C)(C)CS(=O)(=O)CN(C(C)(C)C)S(C)(=O)=O. The van der Waals surface area contributed by atoms with Crippen molar-refractivity contribution in [2.75, 3.05) is 17.9 Å². The van der Waals surface area contributed by atoms with Crippen LogP contribution in [0.2, 0.25) is 0 Å². The Bertz CT molecular complexity index is 478. The van der Waals surface area contributed by atoms with Crippen LogP contribution in [-0.4, -0.2) is 44.6 Å². The average molecular weight is 299 g/mol. The first-order valence-electron chi connectivity index (χ1n) is 5.73. The van der Waals surface area contributed by atoms with Crippen molar-refractivity contribution >= 4 is 19.9 Å². The number of hydrogen-bond donors (Lipinski definition) is 0. The maximum atomic E-state index is 12.0. The standard InChI is InChI=1S/C11H25NO4S2/c1-10(2,3)8-18(15,16)9-12(11(4,5)6)17(7,13)14/h8-9H2,1-7H3. The highest BCUT2D eigenvalue weighted by atomic mass is 32.2. The quantitative estimate of drug-likeness (QED) is 0.788. The topological polar surface area (TPSA) is 71.5 Å². The van der Waals surface area contributed by atoms with Gasteiger partial charge >= 0.3 is 0 Å². The van der Waals surface area contributed by atoms with Gasteiger partial charge in [-0.15, -0.1) is 0 Å². The molecule has 0 aliphatic rings. The fourth-order valence-electron chi connectivity index (χ4n) is 1.67. The molecule has 0 aromatic heterocycles. The number of sulfonamides is 1. The molecule has 5 nitrogen and oxygen atoms in total. The van der Waals surface area contributed by atoms with E-state index in [1.807, 2.05) is 20.8 Å². The van der Waals surface area contributed by atoms with Crippen molar-refractivity contribution in [3.05, 3.63) is 0 Å². The summed E-state index contributed by atoms with van der Waals surface area (Å²) < 4.78 is 48.5. The number of nitrogens with zero attached hydrogens (tertiary/aromatic N) is 1. The molecule has 0 radical (unpaired) electrons. The summed E-state index contributed by atoms with van der Waals surface area (Å²) in [6.45, 7) is 10.5. The van der Waals surface area contributed by atoms with E-state index < -0.39 is 31.3 Å². The monoisotopic (exact) mass is 299 g/mol. The molecule has 18 heavy (non-hydrogen) atoms. The molecule has 0 aliphatic carbocycles. The molecule has 0 unspecified atom stereocenters. The molecule has 0 N–H and O–H groups in total. The fraction of sp³-hybridized carbons (Fsp3) is 1.00. The molecule has 0 saturated heterocycles. The molecular formula is C11H25NO4S2. The molecule has 0 aromatic rings. The third-order valence-electron chi connectivity index (χ3n) is 2.12. The van der Waals surface area contributed by atoms with Crippen LogP contribution in [0.25, 0.3) is 0 Å². The molecule has 0 atom stereocenters. The molecule has 7 heteroatoms. The van der Waals surface area contributed by atoms with E-state index in [2.05, 4.69) is 0 Å². The van der Waals surface area contributed by atoms with Crippen molar-refractivity contribution in [3.63, 3.8) is 0 Å². The molecule has 0 spiro atoms. The zero-order valence-electron chi connectivity index (χ0n) is 12.3. The highest BCUT2D eigenvalue weighted by Crippen LogP contribution is 2.22. The van der Waals surface area contributed by atoms with E-state index in [9.17, 15) is 16.8 Å². The van der Waals surface area contributed by atoms with Crippen LogP contribution in [0.3, 0.4) is 0 Å². The van der Waals surface area contributed by atoms with Crippen LogP contribution in [0.1, 0.15) is 41.5 Å². The van der Waals surface area contributed by atoms with Crippen LogP contribution in [0.4, 0.5) is 0 Å². The summed E-state index contributed by atoms with van der Waals surface area (Å²) >= 11 is 0. The summed E-state index contributed by atoms with van der Waals surface area (Å²) in [5.41, 5.74) is -1.14. The van der Waals surface area contributed by atoms with Gasteiger partial charge in [0.25, 0.3) is 0 Å². The van der Waals surface area contributed by atoms with Crippen molar-refractivity contribution in [1.29, 1.82) is 0 Å². The van der Waals surface area contributed by atoms with Gasteiger partial charge in [0.15, 0.2) is 9.84 Å². The normalized spacial score (nSPS) is 15.1. The lowest BCUT2D eigenvalue weighted by molar-refractivity contribution is 0.278. The molecule has 0 saturated carbocycles. The van der Waals surface area contributed by atoms with E-state index >= 15 is 0 Å². The Balaban J connectivity index is 5.28. The minimum atomic E-state index is -3.56. The molecule has 0 aromatic carbocycles. The highest BCUT2D eigenvalue weighted by molar-refractivity contribution is 7.93. The summed E-state index contributed by atoms with van der Waals surface area (Å²) in [4.78, 5) is 0. The molecular weight excluding hydrogens is 274 g/mol. The van der Waals surface area contributed by atoms with E-state index in [0.717, 1.165) is 10.6 Å². The maximum Gasteiger partial charge on any atom is 0.212 e. The zero-order valence-corrected chi connectivity index (χ0v) is 13.9. The second-order valence-corrected chi connectivity index (χ2v) is 10.8. The van der Waals surface area contributed by atoms with Crippen LogP contribution in [0, 0.1) is 5.41 Å². The van der Waals surface area contributed by atoms with Crippen LogP contribution < -0.4 is 0 Å². The van der Waals surface area contributed by atoms with Gasteiger partial charge in [-0.25, -0.2) is 16.8 Å². The maximum absolute atomic E-state index is 12.0. The van der Waals surface area contributed by atoms with Crippen molar-refractivity contribution in [2.24, 2.45) is 5.41 Å². The number of hydrogen-bond acceptors (Lipinski definition) is 4. The Labute approximate surface area is 112 Å². The lowest BCUT2D eigenvalue weighted by atomic mass is 10.0. The van der Waals surface area contributed by atoms with Crippen LogP contribution in [0.15, 0.2) is 0 Å². The second kappa shape index (κ2) is 5.09. The summed E-state index contributed by atoms with van der Waals surface area (Å²) in [6.07, 6.45) is 1.03. The van der Waals surface area contributed by atoms with Crippen molar-refractivity contribution in [2.45, 2.75) is 47.1 Å². The third-order valence-corrected chi connectivity index (χ3v) is 5.71. The summed E-state index contributed by atoms with van der Waals surface area (Å²) in [5, 5.41) is 0. The Kier molecular flexibility index (Phi) is 5.05. The molecule has 0 rings (SSSR count). The van der Waals surface area contributed by atoms with Gasteiger partial charge in [-0.1, -0.05) is 20.8 Å². The number of sulfone groups is 1. The minimum absolute atomic E-state index is 0.0396. The van der Waals surface area contributed by atoms with E-state index in [-0.39, 0.29) is 11.2 Å². The molecule has 0 aliphatic heterocycles. The Morgan fingerprint density at radius 1 is 0.889 bits per heavy atom. The van der Waals surface area contributed by atoms with E-state index in [1.54, 1.807) is 20.8 Å². The molecule has 0 bridgehead atoms. The summed E-state index contributed by atoms with van der Waals surface area (Å²) in [5.74, 6) is -0.505. The van der Waals surface area contributed by atoms with Crippen molar-refractivity contribution in [1.82, 2.24) is 4.31 Å². The van der Waals surface area contributed by atoms with Gasteiger partial charge in [-0.05, 0) is 26.2 Å². The van der Waals surface area contributed by atoms with Crippen molar-refractivity contribution in [3.8, 4) is 0 Å². The first-order valence-corrected chi connectivity index (χ1v) is 9.40. The lowest BCUT2D eigenvalue weighted by Gasteiger charge is -2.33. The van der Waals surface area contributed by atoms with Crippen LogP contribution in [-0.2, 0) is 19.9 Å². The molecule has 0 amide bonds. The van der Waals surface area contributed by atoms with Crippen molar-refractivity contribution < 1.29 is 16.8 Å². The number of rotatable bonds is 4. The molecule has 0 fully saturated rings. The summed E-state index contributed by atoms with van der Waals surface area (Å²) in [7, 11) is -7.02. The lowest BCUT2D eigenvalue weighted by Crippen LogP contribution is -2.48. The van der Waals surface area contributed by atoms with Gasteiger partial charge in [0, 0.05) is 5.54 Å². The molecule has 0 heterocycles. The zero-order chi connectivity index (χ0) is 15.0. The Hall–Kier alpha value is -0.140. The first kappa shape index (κ1) is 17.9. The van der Waals surface area contributed by atoms with Gasteiger partial charge < -0.3 is 0 Å². The van der Waals surface area contributed by atoms with E-state index in [4.69, 9.17) is 0 Å². The van der Waals surface area contributed by atoms with Gasteiger partial charge in [0.1, 0.15) is 5.88 Å². The third kappa shape index (κ3) is 6.70. The molecule has 110 valence electrons. The smallest absolute Gasteiger partial charge is 0.212 e. The minimum Gasteiger partial charge on any atom is -0.227 e. The fourth-order valence-corrected chi connectivity index (χ4v) is 6.07.